The number of hydrogen-bond donors (Lipinski definition) is 2. The van der Waals surface area contributed by atoms with Crippen molar-refractivity contribution in [2.24, 2.45) is 11.8 Å². The lowest BCUT2D eigenvalue weighted by atomic mass is 9.76. The number of amides is 1. The molecule has 2 aliphatic carbocycles. The molecular weight excluding hydrogens is 360 g/mol. The molecule has 1 aromatic heterocycles. The largest absolute Gasteiger partial charge is 0.488 e. The summed E-state index contributed by atoms with van der Waals surface area (Å²) in [6.07, 6.45) is 5.50. The molecule has 5 nitrogen and oxygen atoms in total. The van der Waals surface area contributed by atoms with Crippen LogP contribution in [0.2, 0.25) is 0 Å². The van der Waals surface area contributed by atoms with Crippen molar-refractivity contribution < 1.29 is 14.6 Å². The SMILES string of the molecule is CC(C)(O)C1CCC(NC(=O)C2CC(Oc3cccc4scnc34)C2)CC1. The Kier molecular flexibility index (Phi) is 5.12. The van der Waals surface area contributed by atoms with Crippen LogP contribution in [0.25, 0.3) is 10.2 Å². The van der Waals surface area contributed by atoms with Crippen LogP contribution >= 0.6 is 11.3 Å². The normalized spacial score (nSPS) is 28.6. The first-order valence-electron chi connectivity index (χ1n) is 9.92. The molecule has 1 aromatic carbocycles. The molecule has 0 unspecified atom stereocenters. The number of rotatable bonds is 5. The fourth-order valence-corrected chi connectivity index (χ4v) is 4.97. The minimum Gasteiger partial charge on any atom is -0.488 e. The van der Waals surface area contributed by atoms with Gasteiger partial charge in [0, 0.05) is 12.0 Å². The van der Waals surface area contributed by atoms with E-state index >= 15 is 0 Å². The van der Waals surface area contributed by atoms with Crippen molar-refractivity contribution in [3.63, 3.8) is 0 Å². The van der Waals surface area contributed by atoms with Gasteiger partial charge >= 0.3 is 0 Å². The van der Waals surface area contributed by atoms with Crippen LogP contribution in [0.15, 0.2) is 23.7 Å². The molecule has 0 saturated heterocycles. The lowest BCUT2D eigenvalue weighted by molar-refractivity contribution is -0.131. The van der Waals surface area contributed by atoms with E-state index in [9.17, 15) is 9.90 Å². The zero-order valence-corrected chi connectivity index (χ0v) is 16.8. The highest BCUT2D eigenvalue weighted by atomic mass is 32.1. The minimum absolute atomic E-state index is 0.0524. The maximum Gasteiger partial charge on any atom is 0.223 e. The molecule has 2 N–H and O–H groups in total. The minimum atomic E-state index is -0.617. The second-order valence-corrected chi connectivity index (χ2v) is 9.46. The molecule has 2 aromatic rings. The van der Waals surface area contributed by atoms with Crippen LogP contribution in [0.1, 0.15) is 52.4 Å². The second-order valence-electron chi connectivity index (χ2n) is 8.57. The van der Waals surface area contributed by atoms with Crippen LogP contribution in [0.4, 0.5) is 0 Å². The summed E-state index contributed by atoms with van der Waals surface area (Å²) in [5, 5.41) is 13.4. The third-order valence-corrected chi connectivity index (χ3v) is 6.95. The number of para-hydroxylation sites is 1. The summed E-state index contributed by atoms with van der Waals surface area (Å²) in [6.45, 7) is 3.77. The van der Waals surface area contributed by atoms with Crippen LogP contribution in [0, 0.1) is 11.8 Å². The van der Waals surface area contributed by atoms with E-state index in [0.717, 1.165) is 54.5 Å². The fourth-order valence-electron chi connectivity index (χ4n) is 4.27. The molecule has 0 radical (unpaired) electrons. The summed E-state index contributed by atoms with van der Waals surface area (Å²) in [5.41, 5.74) is 2.13. The van der Waals surface area contributed by atoms with E-state index in [1.165, 1.54) is 0 Å². The van der Waals surface area contributed by atoms with Gasteiger partial charge in [0.05, 0.1) is 15.8 Å². The Morgan fingerprint density at radius 2 is 2.00 bits per heavy atom. The molecule has 1 heterocycles. The van der Waals surface area contributed by atoms with E-state index < -0.39 is 5.60 Å². The summed E-state index contributed by atoms with van der Waals surface area (Å²) in [4.78, 5) is 16.9. The van der Waals surface area contributed by atoms with Gasteiger partial charge in [-0.05, 0) is 70.4 Å². The Balaban J connectivity index is 1.23. The van der Waals surface area contributed by atoms with Gasteiger partial charge in [0.15, 0.2) is 0 Å². The molecule has 146 valence electrons. The van der Waals surface area contributed by atoms with Crippen molar-refractivity contribution in [1.29, 1.82) is 0 Å². The van der Waals surface area contributed by atoms with E-state index in [0.29, 0.717) is 5.92 Å². The fraction of sp³-hybridized carbons (Fsp3) is 0.619. The number of aliphatic hydroxyl groups is 1. The molecule has 2 saturated carbocycles. The van der Waals surface area contributed by atoms with Crippen molar-refractivity contribution in [3.05, 3.63) is 23.7 Å². The number of hydrogen-bond acceptors (Lipinski definition) is 5. The first-order valence-corrected chi connectivity index (χ1v) is 10.8. The van der Waals surface area contributed by atoms with E-state index in [1.54, 1.807) is 11.3 Å². The highest BCUT2D eigenvalue weighted by molar-refractivity contribution is 7.16. The molecule has 6 heteroatoms. The van der Waals surface area contributed by atoms with E-state index in [1.807, 2.05) is 37.6 Å². The van der Waals surface area contributed by atoms with Crippen molar-refractivity contribution in [2.75, 3.05) is 0 Å². The number of nitrogens with zero attached hydrogens (tertiary/aromatic N) is 1. The lowest BCUT2D eigenvalue weighted by Crippen LogP contribution is -2.48. The summed E-state index contributed by atoms with van der Waals surface area (Å²) in [6, 6.07) is 6.24. The maximum atomic E-state index is 12.5. The topological polar surface area (TPSA) is 71.5 Å². The Morgan fingerprint density at radius 3 is 2.70 bits per heavy atom. The van der Waals surface area contributed by atoms with Crippen molar-refractivity contribution >= 4 is 27.5 Å². The third-order valence-electron chi connectivity index (χ3n) is 6.16. The van der Waals surface area contributed by atoms with Gasteiger partial charge < -0.3 is 15.2 Å². The number of ether oxygens (including phenoxy) is 1. The van der Waals surface area contributed by atoms with Gasteiger partial charge in [-0.3, -0.25) is 4.79 Å². The Bertz CT molecular complexity index is 799. The predicted molar refractivity (Wildman–Crippen MR) is 107 cm³/mol. The van der Waals surface area contributed by atoms with Gasteiger partial charge in [0.25, 0.3) is 0 Å². The number of benzene rings is 1. The quantitative estimate of drug-likeness (QED) is 0.815. The van der Waals surface area contributed by atoms with E-state index in [-0.39, 0.29) is 24.0 Å². The first kappa shape index (κ1) is 18.7. The number of fused-ring (bicyclic) bond motifs is 1. The summed E-state index contributed by atoms with van der Waals surface area (Å²) >= 11 is 1.61. The number of thiazole rings is 1. The van der Waals surface area contributed by atoms with Gasteiger partial charge in [-0.1, -0.05) is 6.07 Å². The van der Waals surface area contributed by atoms with Crippen LogP contribution in [-0.2, 0) is 4.79 Å². The van der Waals surface area contributed by atoms with E-state index in [2.05, 4.69) is 10.3 Å². The highest BCUT2D eigenvalue weighted by Crippen LogP contribution is 2.36. The second kappa shape index (κ2) is 7.40. The molecular formula is C21H28N2O3S. The smallest absolute Gasteiger partial charge is 0.223 e. The van der Waals surface area contributed by atoms with Crippen LogP contribution < -0.4 is 10.1 Å². The van der Waals surface area contributed by atoms with Crippen LogP contribution in [-0.4, -0.2) is 33.7 Å². The Hall–Kier alpha value is -1.66. The number of carbonyl (C=O) groups excluding carboxylic acids is 1. The van der Waals surface area contributed by atoms with E-state index in [4.69, 9.17) is 4.74 Å². The average molecular weight is 389 g/mol. The summed E-state index contributed by atoms with van der Waals surface area (Å²) in [7, 11) is 0. The molecule has 0 spiro atoms. The standard InChI is InChI=1S/C21H28N2O3S/c1-21(2,25)14-6-8-15(9-7-14)23-20(24)13-10-16(11-13)26-17-4-3-5-18-19(17)22-12-27-18/h3-5,12-16,25H,6-11H2,1-2H3,(H,23,24). The van der Waals surface area contributed by atoms with Crippen LogP contribution in [0.5, 0.6) is 5.75 Å². The number of nitrogens with one attached hydrogen (secondary N) is 1. The Labute approximate surface area is 164 Å². The molecule has 2 fully saturated rings. The molecule has 1 amide bonds. The third kappa shape index (κ3) is 4.11. The predicted octanol–water partition coefficient (Wildman–Crippen LogP) is 3.90. The molecule has 0 atom stereocenters. The molecule has 4 rings (SSSR count). The molecule has 2 aliphatic rings. The van der Waals surface area contributed by atoms with Gasteiger partial charge in [0.1, 0.15) is 17.4 Å². The van der Waals surface area contributed by atoms with Gasteiger partial charge in [0.2, 0.25) is 5.91 Å². The van der Waals surface area contributed by atoms with Gasteiger partial charge in [-0.15, -0.1) is 11.3 Å². The lowest BCUT2D eigenvalue weighted by Gasteiger charge is -2.38. The zero-order chi connectivity index (χ0) is 19.0. The monoisotopic (exact) mass is 388 g/mol. The molecule has 0 bridgehead atoms. The summed E-state index contributed by atoms with van der Waals surface area (Å²) < 4.78 is 7.21. The molecule has 0 aliphatic heterocycles. The number of carbonyl (C=O) groups is 1. The maximum absolute atomic E-state index is 12.5. The van der Waals surface area contributed by atoms with Crippen molar-refractivity contribution in [1.82, 2.24) is 10.3 Å². The Morgan fingerprint density at radius 1 is 1.26 bits per heavy atom. The van der Waals surface area contributed by atoms with Crippen LogP contribution in [0.3, 0.4) is 0 Å². The average Bonchev–Trinajstić information content (AvgIpc) is 3.06. The van der Waals surface area contributed by atoms with Crippen molar-refractivity contribution in [2.45, 2.75) is 70.1 Å². The molecule has 27 heavy (non-hydrogen) atoms. The van der Waals surface area contributed by atoms with Gasteiger partial charge in [-0.25, -0.2) is 4.98 Å². The highest BCUT2D eigenvalue weighted by Gasteiger charge is 2.38. The number of aromatic nitrogens is 1. The first-order chi connectivity index (χ1) is 12.9. The van der Waals surface area contributed by atoms with Gasteiger partial charge in [-0.2, -0.15) is 0 Å². The zero-order valence-electron chi connectivity index (χ0n) is 16.0. The van der Waals surface area contributed by atoms with Crippen molar-refractivity contribution in [3.8, 4) is 5.75 Å². The summed E-state index contributed by atoms with van der Waals surface area (Å²) in [5.74, 6) is 1.37.